The minimum absolute atomic E-state index is 0.965. The molecule has 0 radical (unpaired) electrons. The van der Waals surface area contributed by atoms with Gasteiger partial charge in [-0.2, -0.15) is 5.10 Å². The Bertz CT molecular complexity index is 259. The summed E-state index contributed by atoms with van der Waals surface area (Å²) in [5, 5.41) is 13.0. The second-order valence-corrected chi connectivity index (χ2v) is 3.15. The number of fused-ring (bicyclic) bond motifs is 1. The van der Waals surface area contributed by atoms with Crippen LogP contribution in [0, 0.1) is 0 Å². The Balaban J connectivity index is 2.24. The largest absolute Gasteiger partial charge is 0.226 e. The van der Waals surface area contributed by atoms with E-state index in [9.17, 15) is 0 Å². The highest BCUT2D eigenvalue weighted by Crippen LogP contribution is 2.32. The standard InChI is InChI=1S/C6H6N2O2S/c9-10-8-4-6-5(3-7-8)1-2-11-6/h1,3-4,9H,2H2. The van der Waals surface area contributed by atoms with Crippen molar-refractivity contribution < 1.29 is 10.2 Å². The molecule has 0 aromatic rings. The zero-order valence-corrected chi connectivity index (χ0v) is 6.41. The van der Waals surface area contributed by atoms with E-state index >= 15 is 0 Å². The molecule has 1 N–H and O–H groups in total. The number of rotatable bonds is 1. The number of hydrogen-bond donors (Lipinski definition) is 1. The Kier molecular flexibility index (Phi) is 1.69. The van der Waals surface area contributed by atoms with E-state index < -0.39 is 0 Å². The van der Waals surface area contributed by atoms with E-state index in [4.69, 9.17) is 5.26 Å². The van der Waals surface area contributed by atoms with Crippen LogP contribution in [-0.4, -0.2) is 22.4 Å². The van der Waals surface area contributed by atoms with E-state index in [1.54, 1.807) is 24.2 Å². The molecule has 2 heterocycles. The van der Waals surface area contributed by atoms with Crippen LogP contribution in [-0.2, 0) is 4.99 Å². The molecule has 0 saturated heterocycles. The first kappa shape index (κ1) is 6.90. The van der Waals surface area contributed by atoms with Crippen LogP contribution in [0.5, 0.6) is 0 Å². The lowest BCUT2D eigenvalue weighted by Crippen LogP contribution is -2.12. The molecule has 0 fully saturated rings. The summed E-state index contributed by atoms with van der Waals surface area (Å²) < 4.78 is 0. The second kappa shape index (κ2) is 2.69. The van der Waals surface area contributed by atoms with Crippen LogP contribution in [0.1, 0.15) is 0 Å². The first-order valence-electron chi connectivity index (χ1n) is 3.10. The maximum Gasteiger partial charge on any atom is 0.0713 e. The van der Waals surface area contributed by atoms with Crippen LogP contribution in [0.4, 0.5) is 0 Å². The van der Waals surface area contributed by atoms with Crippen molar-refractivity contribution in [3.05, 3.63) is 22.8 Å². The number of allylic oxidation sites excluding steroid dienone is 1. The van der Waals surface area contributed by atoms with Crippen molar-refractivity contribution in [3.8, 4) is 0 Å². The number of thioether (sulfide) groups is 1. The summed E-state index contributed by atoms with van der Waals surface area (Å²) in [6.45, 7) is 0. The van der Waals surface area contributed by atoms with Gasteiger partial charge in [-0.25, -0.2) is 5.26 Å². The van der Waals surface area contributed by atoms with Crippen LogP contribution < -0.4 is 0 Å². The summed E-state index contributed by atoms with van der Waals surface area (Å²) in [6, 6.07) is 0. The number of hydrazone groups is 1. The van der Waals surface area contributed by atoms with Gasteiger partial charge in [-0.15, -0.1) is 16.9 Å². The van der Waals surface area contributed by atoms with Gasteiger partial charge in [0, 0.05) is 16.2 Å². The van der Waals surface area contributed by atoms with Gasteiger partial charge in [0.05, 0.1) is 12.4 Å². The molecular weight excluding hydrogens is 164 g/mol. The first-order valence-corrected chi connectivity index (χ1v) is 4.08. The Morgan fingerprint density at radius 1 is 1.73 bits per heavy atom. The minimum atomic E-state index is 0.965. The third-order valence-corrected chi connectivity index (χ3v) is 2.43. The molecule has 0 aromatic carbocycles. The van der Waals surface area contributed by atoms with Crippen LogP contribution in [0.15, 0.2) is 27.9 Å². The highest BCUT2D eigenvalue weighted by molar-refractivity contribution is 8.03. The summed E-state index contributed by atoms with van der Waals surface area (Å²) in [5.41, 5.74) is 1.10. The highest BCUT2D eigenvalue weighted by Gasteiger charge is 2.15. The molecule has 2 aliphatic heterocycles. The lowest BCUT2D eigenvalue weighted by atomic mass is 10.2. The van der Waals surface area contributed by atoms with Gasteiger partial charge in [0.25, 0.3) is 0 Å². The molecule has 0 unspecified atom stereocenters. The van der Waals surface area contributed by atoms with Gasteiger partial charge in [-0.3, -0.25) is 0 Å². The summed E-state index contributed by atoms with van der Waals surface area (Å²) in [5.74, 6) is 0.965. The van der Waals surface area contributed by atoms with E-state index in [-0.39, 0.29) is 0 Å². The topological polar surface area (TPSA) is 45.1 Å². The SMILES string of the molecule is OON1C=C2SCC=C2C=N1. The van der Waals surface area contributed by atoms with Gasteiger partial charge in [0.15, 0.2) is 0 Å². The Hall–Kier alpha value is -0.780. The summed E-state index contributed by atoms with van der Waals surface area (Å²) in [7, 11) is 0. The number of nitrogens with zero attached hydrogens (tertiary/aromatic N) is 2. The summed E-state index contributed by atoms with van der Waals surface area (Å²) >= 11 is 1.69. The Morgan fingerprint density at radius 2 is 2.64 bits per heavy atom. The highest BCUT2D eigenvalue weighted by atomic mass is 32.2. The maximum atomic E-state index is 8.25. The number of hydrogen-bond acceptors (Lipinski definition) is 5. The smallest absolute Gasteiger partial charge is 0.0713 e. The molecule has 0 saturated carbocycles. The molecule has 5 heteroatoms. The van der Waals surface area contributed by atoms with Crippen molar-refractivity contribution in [1.29, 1.82) is 0 Å². The molecule has 0 spiro atoms. The fourth-order valence-electron chi connectivity index (χ4n) is 0.931. The predicted octanol–water partition coefficient (Wildman–Crippen LogP) is 1.21. The molecule has 0 amide bonds. The zero-order valence-electron chi connectivity index (χ0n) is 5.60. The number of hydroxylamine groups is 1. The molecule has 2 aliphatic rings. The predicted molar refractivity (Wildman–Crippen MR) is 42.7 cm³/mol. The minimum Gasteiger partial charge on any atom is -0.226 e. The van der Waals surface area contributed by atoms with E-state index in [0.717, 1.165) is 21.4 Å². The second-order valence-electron chi connectivity index (χ2n) is 2.09. The molecule has 0 bridgehead atoms. The van der Waals surface area contributed by atoms with Crippen molar-refractivity contribution in [2.24, 2.45) is 5.10 Å². The quantitative estimate of drug-likeness (QED) is 0.474. The van der Waals surface area contributed by atoms with Gasteiger partial charge in [0.2, 0.25) is 0 Å². The van der Waals surface area contributed by atoms with Crippen molar-refractivity contribution >= 4 is 18.0 Å². The van der Waals surface area contributed by atoms with E-state index in [1.807, 2.05) is 0 Å². The molecule has 0 atom stereocenters. The molecule has 0 aromatic heterocycles. The molecular formula is C6H6N2O2S. The average molecular weight is 170 g/mol. The lowest BCUT2D eigenvalue weighted by Gasteiger charge is -2.13. The third-order valence-electron chi connectivity index (χ3n) is 1.45. The Morgan fingerprint density at radius 3 is 3.45 bits per heavy atom. The van der Waals surface area contributed by atoms with E-state index in [1.165, 1.54) is 0 Å². The lowest BCUT2D eigenvalue weighted by molar-refractivity contribution is -0.378. The van der Waals surface area contributed by atoms with Crippen molar-refractivity contribution in [2.75, 3.05) is 5.75 Å². The fraction of sp³-hybridized carbons (Fsp3) is 0.167. The van der Waals surface area contributed by atoms with Crippen LogP contribution in [0.25, 0.3) is 0 Å². The van der Waals surface area contributed by atoms with Gasteiger partial charge < -0.3 is 0 Å². The van der Waals surface area contributed by atoms with Crippen LogP contribution in [0.2, 0.25) is 0 Å². The molecule has 58 valence electrons. The molecule has 0 aliphatic carbocycles. The molecule has 11 heavy (non-hydrogen) atoms. The average Bonchev–Trinajstić information content (AvgIpc) is 2.50. The van der Waals surface area contributed by atoms with Crippen molar-refractivity contribution in [3.63, 3.8) is 0 Å². The van der Waals surface area contributed by atoms with Crippen molar-refractivity contribution in [1.82, 2.24) is 5.17 Å². The zero-order chi connectivity index (χ0) is 7.68. The van der Waals surface area contributed by atoms with E-state index in [2.05, 4.69) is 16.2 Å². The summed E-state index contributed by atoms with van der Waals surface area (Å²) in [6.07, 6.45) is 5.38. The molecule has 4 nitrogen and oxygen atoms in total. The molecule has 2 rings (SSSR count). The van der Waals surface area contributed by atoms with Crippen LogP contribution in [0.3, 0.4) is 0 Å². The van der Waals surface area contributed by atoms with E-state index in [0.29, 0.717) is 0 Å². The van der Waals surface area contributed by atoms with Crippen LogP contribution >= 0.6 is 11.8 Å². The normalized spacial score (nSPS) is 21.4. The van der Waals surface area contributed by atoms with Crippen molar-refractivity contribution in [2.45, 2.75) is 0 Å². The fourth-order valence-corrected chi connectivity index (χ4v) is 1.84. The van der Waals surface area contributed by atoms with Gasteiger partial charge in [-0.05, 0) is 0 Å². The summed E-state index contributed by atoms with van der Waals surface area (Å²) in [4.78, 5) is 5.00. The monoisotopic (exact) mass is 170 g/mol. The maximum absolute atomic E-state index is 8.25. The third kappa shape index (κ3) is 1.18. The first-order chi connectivity index (χ1) is 5.40. The van der Waals surface area contributed by atoms with Gasteiger partial charge in [0.1, 0.15) is 0 Å². The van der Waals surface area contributed by atoms with Gasteiger partial charge >= 0.3 is 0 Å². The van der Waals surface area contributed by atoms with Gasteiger partial charge in [-0.1, -0.05) is 11.1 Å². The Labute approximate surface area is 67.7 Å².